The molecule has 0 heterocycles. The summed E-state index contributed by atoms with van der Waals surface area (Å²) in [6, 6.07) is 3.77. The molecular formula is C10H13FN2O3. The molecule has 1 rings (SSSR count). The van der Waals surface area contributed by atoms with Gasteiger partial charge in [0.1, 0.15) is 0 Å². The Labute approximate surface area is 92.1 Å². The summed E-state index contributed by atoms with van der Waals surface area (Å²) in [6.45, 7) is 3.80. The zero-order chi connectivity index (χ0) is 12.3. The lowest BCUT2D eigenvalue weighted by Gasteiger charge is -2.23. The summed E-state index contributed by atoms with van der Waals surface area (Å²) in [5, 5.41) is 10.6. The standard InChI is InChI=1S/C10H13FN2O3/c1-10(2,6-16-12)7-3-4-8(11)9(5-7)13(14)15/h3-5H,6,12H2,1-2H3. The minimum Gasteiger partial charge on any atom is -0.304 e. The summed E-state index contributed by atoms with van der Waals surface area (Å²) in [5.74, 6) is 4.12. The lowest BCUT2D eigenvalue weighted by molar-refractivity contribution is -0.387. The van der Waals surface area contributed by atoms with Gasteiger partial charge < -0.3 is 4.84 Å². The first-order valence-electron chi connectivity index (χ1n) is 4.64. The maximum absolute atomic E-state index is 13.1. The van der Waals surface area contributed by atoms with Crippen LogP contribution in [0.3, 0.4) is 0 Å². The van der Waals surface area contributed by atoms with E-state index in [0.29, 0.717) is 5.56 Å². The van der Waals surface area contributed by atoms with Crippen LogP contribution >= 0.6 is 0 Å². The molecule has 0 fully saturated rings. The Balaban J connectivity index is 3.17. The smallest absolute Gasteiger partial charge is 0.304 e. The van der Waals surface area contributed by atoms with Crippen LogP contribution in [0.2, 0.25) is 0 Å². The van der Waals surface area contributed by atoms with Gasteiger partial charge in [0, 0.05) is 11.5 Å². The number of hydrogen-bond donors (Lipinski definition) is 1. The van der Waals surface area contributed by atoms with Gasteiger partial charge in [-0.2, -0.15) is 4.39 Å². The van der Waals surface area contributed by atoms with Crippen molar-refractivity contribution < 1.29 is 14.2 Å². The quantitative estimate of drug-likeness (QED) is 0.630. The van der Waals surface area contributed by atoms with Gasteiger partial charge in [-0.3, -0.25) is 10.1 Å². The SMILES string of the molecule is CC(C)(CON)c1ccc(F)c([N+](=O)[O-])c1. The Morgan fingerprint density at radius 3 is 2.69 bits per heavy atom. The molecular weight excluding hydrogens is 215 g/mol. The van der Waals surface area contributed by atoms with Crippen molar-refractivity contribution in [2.45, 2.75) is 19.3 Å². The molecule has 0 saturated heterocycles. The summed E-state index contributed by atoms with van der Waals surface area (Å²) in [6.07, 6.45) is 0. The first-order chi connectivity index (χ1) is 7.38. The highest BCUT2D eigenvalue weighted by Gasteiger charge is 2.25. The molecule has 0 saturated carbocycles. The van der Waals surface area contributed by atoms with Crippen LogP contribution in [0.1, 0.15) is 19.4 Å². The van der Waals surface area contributed by atoms with Gasteiger partial charge in [-0.1, -0.05) is 19.9 Å². The van der Waals surface area contributed by atoms with Crippen molar-refractivity contribution in [1.29, 1.82) is 0 Å². The first kappa shape index (κ1) is 12.5. The van der Waals surface area contributed by atoms with E-state index in [4.69, 9.17) is 5.90 Å². The highest BCUT2D eigenvalue weighted by Crippen LogP contribution is 2.28. The van der Waals surface area contributed by atoms with Gasteiger partial charge in [0.2, 0.25) is 5.82 Å². The molecule has 0 bridgehead atoms. The number of nitrogens with two attached hydrogens (primary N) is 1. The summed E-state index contributed by atoms with van der Waals surface area (Å²) < 4.78 is 13.1. The molecule has 1 aromatic rings. The van der Waals surface area contributed by atoms with E-state index in [0.717, 1.165) is 6.07 Å². The van der Waals surface area contributed by atoms with Gasteiger partial charge >= 0.3 is 5.69 Å². The van der Waals surface area contributed by atoms with E-state index in [1.165, 1.54) is 12.1 Å². The molecule has 0 amide bonds. The lowest BCUT2D eigenvalue weighted by atomic mass is 9.85. The molecule has 1 aromatic carbocycles. The van der Waals surface area contributed by atoms with Crippen molar-refractivity contribution in [2.75, 3.05) is 6.61 Å². The normalized spacial score (nSPS) is 11.5. The number of hydrogen-bond acceptors (Lipinski definition) is 4. The number of halogens is 1. The van der Waals surface area contributed by atoms with Crippen molar-refractivity contribution in [3.63, 3.8) is 0 Å². The Kier molecular flexibility index (Phi) is 3.56. The summed E-state index contributed by atoms with van der Waals surface area (Å²) in [4.78, 5) is 14.3. The van der Waals surface area contributed by atoms with E-state index in [9.17, 15) is 14.5 Å². The third-order valence-electron chi connectivity index (χ3n) is 2.37. The van der Waals surface area contributed by atoms with Crippen molar-refractivity contribution >= 4 is 5.69 Å². The molecule has 0 atom stereocenters. The number of rotatable bonds is 4. The molecule has 16 heavy (non-hydrogen) atoms. The predicted octanol–water partition coefficient (Wildman–Crippen LogP) is 1.90. The fraction of sp³-hybridized carbons (Fsp3) is 0.400. The van der Waals surface area contributed by atoms with Gasteiger partial charge in [0.05, 0.1) is 11.5 Å². The van der Waals surface area contributed by atoms with Crippen LogP contribution < -0.4 is 5.90 Å². The van der Waals surface area contributed by atoms with Gasteiger partial charge in [-0.15, -0.1) is 0 Å². The zero-order valence-corrected chi connectivity index (χ0v) is 9.07. The summed E-state index contributed by atoms with van der Waals surface area (Å²) in [5.41, 5.74) is -0.443. The van der Waals surface area contributed by atoms with Crippen LogP contribution in [0.25, 0.3) is 0 Å². The number of benzene rings is 1. The van der Waals surface area contributed by atoms with E-state index in [1.807, 2.05) is 0 Å². The average Bonchev–Trinajstić information content (AvgIpc) is 2.17. The molecule has 0 radical (unpaired) electrons. The fourth-order valence-corrected chi connectivity index (χ4v) is 1.37. The Hall–Kier alpha value is -1.53. The fourth-order valence-electron chi connectivity index (χ4n) is 1.37. The Bertz CT molecular complexity index is 407. The van der Waals surface area contributed by atoms with Crippen molar-refractivity contribution in [3.05, 3.63) is 39.7 Å². The van der Waals surface area contributed by atoms with Crippen LogP contribution in [-0.2, 0) is 10.3 Å². The van der Waals surface area contributed by atoms with Crippen molar-refractivity contribution in [2.24, 2.45) is 5.90 Å². The number of nitro groups is 1. The molecule has 6 heteroatoms. The third kappa shape index (κ3) is 2.53. The molecule has 0 unspecified atom stereocenters. The minimum atomic E-state index is -0.849. The molecule has 88 valence electrons. The van der Waals surface area contributed by atoms with Gasteiger partial charge in [0.15, 0.2) is 0 Å². The lowest BCUT2D eigenvalue weighted by Crippen LogP contribution is -2.26. The maximum atomic E-state index is 13.1. The Morgan fingerprint density at radius 1 is 1.56 bits per heavy atom. The van der Waals surface area contributed by atoms with Gasteiger partial charge in [0.25, 0.3) is 0 Å². The number of nitro benzene ring substituents is 1. The first-order valence-corrected chi connectivity index (χ1v) is 4.64. The molecule has 5 nitrogen and oxygen atoms in total. The van der Waals surface area contributed by atoms with Crippen LogP contribution in [0.5, 0.6) is 0 Å². The average molecular weight is 228 g/mol. The van der Waals surface area contributed by atoms with Gasteiger partial charge in [-0.05, 0) is 11.6 Å². The topological polar surface area (TPSA) is 78.4 Å². The van der Waals surface area contributed by atoms with Crippen LogP contribution in [0.15, 0.2) is 18.2 Å². The molecule has 0 aromatic heterocycles. The number of nitrogens with zero attached hydrogens (tertiary/aromatic N) is 1. The van der Waals surface area contributed by atoms with Gasteiger partial charge in [-0.25, -0.2) is 5.90 Å². The molecule has 0 spiro atoms. The van der Waals surface area contributed by atoms with E-state index in [2.05, 4.69) is 4.84 Å². The molecule has 0 aliphatic heterocycles. The minimum absolute atomic E-state index is 0.190. The molecule has 0 aliphatic rings. The van der Waals surface area contributed by atoms with E-state index in [-0.39, 0.29) is 6.61 Å². The zero-order valence-electron chi connectivity index (χ0n) is 9.07. The molecule has 0 aliphatic carbocycles. The molecule has 2 N–H and O–H groups in total. The van der Waals surface area contributed by atoms with Crippen molar-refractivity contribution in [3.8, 4) is 0 Å². The third-order valence-corrected chi connectivity index (χ3v) is 2.37. The summed E-state index contributed by atoms with van der Waals surface area (Å²) in [7, 11) is 0. The Morgan fingerprint density at radius 2 is 2.19 bits per heavy atom. The highest BCUT2D eigenvalue weighted by molar-refractivity contribution is 5.39. The second kappa shape index (κ2) is 4.54. The second-order valence-corrected chi connectivity index (χ2v) is 4.12. The van der Waals surface area contributed by atoms with Crippen LogP contribution in [0.4, 0.5) is 10.1 Å². The van der Waals surface area contributed by atoms with Crippen molar-refractivity contribution in [1.82, 2.24) is 0 Å². The largest absolute Gasteiger partial charge is 0.305 e. The van der Waals surface area contributed by atoms with E-state index in [1.54, 1.807) is 13.8 Å². The summed E-state index contributed by atoms with van der Waals surface area (Å²) >= 11 is 0. The van der Waals surface area contributed by atoms with Crippen LogP contribution in [-0.4, -0.2) is 11.5 Å². The van der Waals surface area contributed by atoms with Crippen LogP contribution in [0, 0.1) is 15.9 Å². The maximum Gasteiger partial charge on any atom is 0.305 e. The monoisotopic (exact) mass is 228 g/mol. The second-order valence-electron chi connectivity index (χ2n) is 4.12. The van der Waals surface area contributed by atoms with E-state index >= 15 is 0 Å². The highest BCUT2D eigenvalue weighted by atomic mass is 19.1. The van der Waals surface area contributed by atoms with E-state index < -0.39 is 21.8 Å². The predicted molar refractivity (Wildman–Crippen MR) is 56.2 cm³/mol.